The molecule has 0 bridgehead atoms. The molecule has 5 nitrogen and oxygen atoms in total. The number of rotatable bonds is 7. The van der Waals surface area contributed by atoms with E-state index in [0.29, 0.717) is 18.8 Å². The molecule has 5 heteroatoms. The molecule has 0 aromatic carbocycles. The highest BCUT2D eigenvalue weighted by atomic mass is 16.4. The molecule has 0 aromatic rings. The van der Waals surface area contributed by atoms with Crippen LogP contribution in [-0.2, 0) is 4.79 Å². The van der Waals surface area contributed by atoms with E-state index >= 15 is 0 Å². The Morgan fingerprint density at radius 2 is 1.80 bits per heavy atom. The van der Waals surface area contributed by atoms with Crippen LogP contribution in [0.1, 0.15) is 59.3 Å². The molecule has 1 atom stereocenters. The summed E-state index contributed by atoms with van der Waals surface area (Å²) in [5.41, 5.74) is -0.853. The summed E-state index contributed by atoms with van der Waals surface area (Å²) in [6.07, 6.45) is 5.85. The van der Waals surface area contributed by atoms with Crippen molar-refractivity contribution in [2.75, 3.05) is 6.54 Å². The van der Waals surface area contributed by atoms with Crippen LogP contribution in [0.2, 0.25) is 0 Å². The van der Waals surface area contributed by atoms with E-state index in [0.717, 1.165) is 0 Å². The summed E-state index contributed by atoms with van der Waals surface area (Å²) >= 11 is 0. The number of aliphatic carboxylic acids is 1. The Morgan fingerprint density at radius 1 is 1.25 bits per heavy atom. The van der Waals surface area contributed by atoms with Gasteiger partial charge in [-0.15, -0.1) is 0 Å². The van der Waals surface area contributed by atoms with Crippen molar-refractivity contribution in [1.82, 2.24) is 10.6 Å². The van der Waals surface area contributed by atoms with E-state index in [9.17, 15) is 14.7 Å². The van der Waals surface area contributed by atoms with Gasteiger partial charge in [0.15, 0.2) is 0 Å². The lowest BCUT2D eigenvalue weighted by Crippen LogP contribution is -2.48. The lowest BCUT2D eigenvalue weighted by molar-refractivity contribution is -0.149. The maximum absolute atomic E-state index is 11.9. The monoisotopic (exact) mass is 284 g/mol. The predicted molar refractivity (Wildman–Crippen MR) is 78.6 cm³/mol. The number of nitrogens with one attached hydrogen (secondary N) is 2. The highest BCUT2D eigenvalue weighted by molar-refractivity contribution is 5.78. The number of carbonyl (C=O) groups is 2. The smallest absolute Gasteiger partial charge is 0.315 e. The van der Waals surface area contributed by atoms with Crippen molar-refractivity contribution in [2.45, 2.75) is 65.3 Å². The molecule has 2 amide bonds. The van der Waals surface area contributed by atoms with E-state index in [1.807, 2.05) is 20.8 Å². The molecule has 3 N–H and O–H groups in total. The average Bonchev–Trinajstić information content (AvgIpc) is 2.94. The number of carboxylic acid groups (broad SMARTS) is 1. The largest absolute Gasteiger partial charge is 0.481 e. The SMILES string of the molecule is CCC(CC)(CNC(=O)NC(C)C1CCCC1)C(=O)O. The van der Waals surface area contributed by atoms with Crippen LogP contribution in [0.15, 0.2) is 0 Å². The van der Waals surface area contributed by atoms with Crippen molar-refractivity contribution in [2.24, 2.45) is 11.3 Å². The first kappa shape index (κ1) is 16.8. The third-order valence-corrected chi connectivity index (χ3v) is 4.86. The van der Waals surface area contributed by atoms with E-state index < -0.39 is 11.4 Å². The number of amides is 2. The minimum atomic E-state index is -0.853. The first-order valence-corrected chi connectivity index (χ1v) is 7.73. The summed E-state index contributed by atoms with van der Waals surface area (Å²) in [5.74, 6) is -0.283. The zero-order chi connectivity index (χ0) is 15.2. The molecule has 1 fully saturated rings. The van der Waals surface area contributed by atoms with Gasteiger partial charge in [0, 0.05) is 12.6 Å². The van der Waals surface area contributed by atoms with Crippen LogP contribution < -0.4 is 10.6 Å². The average molecular weight is 284 g/mol. The third kappa shape index (κ3) is 4.12. The van der Waals surface area contributed by atoms with Crippen molar-refractivity contribution in [3.63, 3.8) is 0 Å². The Kier molecular flexibility index (Phi) is 6.30. The van der Waals surface area contributed by atoms with Crippen molar-refractivity contribution in [3.8, 4) is 0 Å². The van der Waals surface area contributed by atoms with Gasteiger partial charge in [-0.05, 0) is 38.5 Å². The molecule has 1 unspecified atom stereocenters. The quantitative estimate of drug-likeness (QED) is 0.672. The summed E-state index contributed by atoms with van der Waals surface area (Å²) < 4.78 is 0. The minimum Gasteiger partial charge on any atom is -0.481 e. The molecule has 0 saturated heterocycles. The van der Waals surface area contributed by atoms with Gasteiger partial charge in [0.2, 0.25) is 0 Å². The molecule has 1 aliphatic rings. The van der Waals surface area contributed by atoms with Gasteiger partial charge >= 0.3 is 12.0 Å². The first-order valence-electron chi connectivity index (χ1n) is 7.73. The number of urea groups is 1. The molecule has 0 heterocycles. The highest BCUT2D eigenvalue weighted by Crippen LogP contribution is 2.28. The zero-order valence-electron chi connectivity index (χ0n) is 12.9. The normalized spacial score (nSPS) is 17.8. The van der Waals surface area contributed by atoms with Crippen molar-refractivity contribution in [3.05, 3.63) is 0 Å². The van der Waals surface area contributed by atoms with Crippen LogP contribution in [0, 0.1) is 11.3 Å². The van der Waals surface area contributed by atoms with Crippen LogP contribution in [0.4, 0.5) is 4.79 Å². The Labute approximate surface area is 121 Å². The number of hydrogen-bond acceptors (Lipinski definition) is 2. The Morgan fingerprint density at radius 3 is 2.25 bits per heavy atom. The molecule has 0 aliphatic heterocycles. The number of carboxylic acids is 1. The van der Waals surface area contributed by atoms with Crippen LogP contribution in [0.3, 0.4) is 0 Å². The Balaban J connectivity index is 2.43. The van der Waals surface area contributed by atoms with E-state index in [4.69, 9.17) is 0 Å². The van der Waals surface area contributed by atoms with Gasteiger partial charge in [-0.25, -0.2) is 4.79 Å². The fraction of sp³-hybridized carbons (Fsp3) is 0.867. The van der Waals surface area contributed by atoms with Gasteiger partial charge in [-0.1, -0.05) is 26.7 Å². The Hall–Kier alpha value is -1.26. The van der Waals surface area contributed by atoms with Gasteiger partial charge in [0.1, 0.15) is 0 Å². The fourth-order valence-corrected chi connectivity index (χ4v) is 2.96. The van der Waals surface area contributed by atoms with E-state index in [1.54, 1.807) is 0 Å². The Bertz CT molecular complexity index is 334. The van der Waals surface area contributed by atoms with E-state index in [2.05, 4.69) is 10.6 Å². The maximum Gasteiger partial charge on any atom is 0.315 e. The second-order valence-electron chi connectivity index (χ2n) is 5.95. The maximum atomic E-state index is 11.9. The topological polar surface area (TPSA) is 78.4 Å². The van der Waals surface area contributed by atoms with Gasteiger partial charge in [-0.3, -0.25) is 4.79 Å². The van der Waals surface area contributed by atoms with Crippen molar-refractivity contribution < 1.29 is 14.7 Å². The van der Waals surface area contributed by atoms with Crippen LogP contribution in [0.25, 0.3) is 0 Å². The summed E-state index contributed by atoms with van der Waals surface area (Å²) in [7, 11) is 0. The van der Waals surface area contributed by atoms with Crippen LogP contribution in [-0.4, -0.2) is 29.7 Å². The standard InChI is InChI=1S/C15H28N2O3/c1-4-15(5-2,13(18)19)10-16-14(20)17-11(3)12-8-6-7-9-12/h11-12H,4-10H2,1-3H3,(H,18,19)(H2,16,17,20). The van der Waals surface area contributed by atoms with Gasteiger partial charge in [0.05, 0.1) is 5.41 Å². The molecule has 0 radical (unpaired) electrons. The molecule has 0 aromatic heterocycles. The molecule has 1 rings (SSSR count). The highest BCUT2D eigenvalue weighted by Gasteiger charge is 2.35. The fourth-order valence-electron chi connectivity index (χ4n) is 2.96. The lowest BCUT2D eigenvalue weighted by Gasteiger charge is -2.28. The summed E-state index contributed by atoms with van der Waals surface area (Å²) in [6, 6.07) is -0.100. The number of carbonyl (C=O) groups excluding carboxylic acids is 1. The second kappa shape index (κ2) is 7.50. The number of hydrogen-bond donors (Lipinski definition) is 3. The van der Waals surface area contributed by atoms with Crippen molar-refractivity contribution >= 4 is 12.0 Å². The zero-order valence-corrected chi connectivity index (χ0v) is 12.9. The first-order chi connectivity index (χ1) is 9.45. The molecule has 20 heavy (non-hydrogen) atoms. The predicted octanol–water partition coefficient (Wildman–Crippen LogP) is 2.76. The summed E-state index contributed by atoms with van der Waals surface area (Å²) in [4.78, 5) is 23.3. The molecule has 1 saturated carbocycles. The van der Waals surface area contributed by atoms with Crippen LogP contribution >= 0.6 is 0 Å². The third-order valence-electron chi connectivity index (χ3n) is 4.86. The van der Waals surface area contributed by atoms with E-state index in [1.165, 1.54) is 25.7 Å². The van der Waals surface area contributed by atoms with Gasteiger partial charge < -0.3 is 15.7 Å². The van der Waals surface area contributed by atoms with Crippen molar-refractivity contribution in [1.29, 1.82) is 0 Å². The molecular formula is C15H28N2O3. The molecular weight excluding hydrogens is 256 g/mol. The molecule has 116 valence electrons. The summed E-state index contributed by atoms with van der Waals surface area (Å²) in [6.45, 7) is 5.90. The molecule has 1 aliphatic carbocycles. The van der Waals surface area contributed by atoms with Gasteiger partial charge in [-0.2, -0.15) is 0 Å². The lowest BCUT2D eigenvalue weighted by atomic mass is 9.82. The minimum absolute atomic E-state index is 0.153. The molecule has 0 spiro atoms. The van der Waals surface area contributed by atoms with Crippen LogP contribution in [0.5, 0.6) is 0 Å². The van der Waals surface area contributed by atoms with Gasteiger partial charge in [0.25, 0.3) is 0 Å². The summed E-state index contributed by atoms with van der Waals surface area (Å²) in [5, 5.41) is 15.0. The second-order valence-corrected chi connectivity index (χ2v) is 5.95. The van der Waals surface area contributed by atoms with E-state index in [-0.39, 0.29) is 18.6 Å².